The number of alkyl halides is 2. The summed E-state index contributed by atoms with van der Waals surface area (Å²) in [5.41, 5.74) is 0.982. The van der Waals surface area contributed by atoms with Crippen LogP contribution in [0.3, 0.4) is 0 Å². The van der Waals surface area contributed by atoms with Gasteiger partial charge >= 0.3 is 0 Å². The van der Waals surface area contributed by atoms with Crippen LogP contribution in [0.1, 0.15) is 43.0 Å². The van der Waals surface area contributed by atoms with E-state index in [2.05, 4.69) is 27.1 Å². The molecule has 168 valence electrons. The first kappa shape index (κ1) is 22.3. The van der Waals surface area contributed by atoms with Gasteiger partial charge in [0.15, 0.2) is 0 Å². The van der Waals surface area contributed by atoms with Crippen molar-refractivity contribution in [2.24, 2.45) is 4.99 Å². The van der Waals surface area contributed by atoms with Gasteiger partial charge in [0.05, 0.1) is 23.2 Å². The number of hydrogen-bond donors (Lipinski definition) is 1. The maximum Gasteiger partial charge on any atom is 0.266 e. The number of benzene rings is 1. The van der Waals surface area contributed by atoms with Crippen molar-refractivity contribution in [1.29, 1.82) is 0 Å². The lowest BCUT2D eigenvalue weighted by Gasteiger charge is -2.24. The molecule has 1 amide bonds. The topological polar surface area (TPSA) is 57.6 Å². The van der Waals surface area contributed by atoms with Crippen molar-refractivity contribution in [3.63, 3.8) is 0 Å². The smallest absolute Gasteiger partial charge is 0.266 e. The number of halogens is 3. The van der Waals surface area contributed by atoms with Crippen LogP contribution in [0.2, 0.25) is 0 Å². The molecule has 0 spiro atoms. The van der Waals surface area contributed by atoms with Crippen LogP contribution in [-0.2, 0) is 4.79 Å². The predicted octanol–water partition coefficient (Wildman–Crippen LogP) is 4.31. The zero-order valence-electron chi connectivity index (χ0n) is 18.0. The number of amides is 1. The molecular formula is C25H21F3N4O. The third-order valence-electron chi connectivity index (χ3n) is 5.30. The molecule has 2 aliphatic rings. The number of nitrogens with zero attached hydrogens (tertiary/aromatic N) is 3. The normalized spacial score (nSPS) is 17.9. The fraction of sp³-hybridized carbons (Fsp3) is 0.240. The molecule has 2 aromatic rings. The van der Waals surface area contributed by atoms with Crippen LogP contribution in [-0.4, -0.2) is 34.2 Å². The summed E-state index contributed by atoms with van der Waals surface area (Å²) in [6.07, 6.45) is 3.82. The Morgan fingerprint density at radius 2 is 1.91 bits per heavy atom. The number of amidine groups is 1. The van der Waals surface area contributed by atoms with Gasteiger partial charge in [0.1, 0.15) is 11.7 Å². The standard InChI is InChI=1S/C25H21F3N4O/c1-15-13-32-14-18(7-6-17-8-10-29-11-9-17)12-21(24(32)30-15)25(33)31-16(2)19-4-3-5-20(22(19)26)23(27)28/h3-5,8-12,14-16,23H,13H2,1-2H3,(H,31,33)/t15-,16-/m1/s1. The monoisotopic (exact) mass is 450 g/mol. The number of carbonyl (C=O) groups excluding carboxylic acids is 1. The first-order valence-electron chi connectivity index (χ1n) is 10.4. The molecule has 2 atom stereocenters. The van der Waals surface area contributed by atoms with Gasteiger partial charge in [-0.15, -0.1) is 0 Å². The van der Waals surface area contributed by atoms with E-state index >= 15 is 0 Å². The summed E-state index contributed by atoms with van der Waals surface area (Å²) in [7, 11) is 0. The number of pyridine rings is 1. The lowest BCUT2D eigenvalue weighted by atomic mass is 10.0. The maximum atomic E-state index is 14.5. The van der Waals surface area contributed by atoms with E-state index in [1.165, 1.54) is 12.1 Å². The SMILES string of the molecule is C[C@@H]1CN2C=C(C#Cc3ccncc3)C=C(C(=O)N[C@H](C)c3cccc(C(F)F)c3F)C2=N1. The van der Waals surface area contributed by atoms with Gasteiger partial charge in [-0.05, 0) is 32.1 Å². The van der Waals surface area contributed by atoms with Gasteiger partial charge in [-0.1, -0.05) is 30.0 Å². The van der Waals surface area contributed by atoms with Crippen LogP contribution < -0.4 is 5.32 Å². The molecule has 8 heteroatoms. The Balaban J connectivity index is 1.61. The number of aromatic nitrogens is 1. The highest BCUT2D eigenvalue weighted by Crippen LogP contribution is 2.28. The number of aliphatic imine (C=N–C) groups is 1. The minimum atomic E-state index is -2.94. The highest BCUT2D eigenvalue weighted by molar-refractivity contribution is 6.22. The van der Waals surface area contributed by atoms with Crippen LogP contribution >= 0.6 is 0 Å². The van der Waals surface area contributed by atoms with E-state index in [1.807, 2.05) is 18.0 Å². The molecule has 0 unspecified atom stereocenters. The lowest BCUT2D eigenvalue weighted by Crippen LogP contribution is -2.37. The number of nitrogens with one attached hydrogen (secondary N) is 1. The van der Waals surface area contributed by atoms with Crippen LogP contribution in [0.5, 0.6) is 0 Å². The molecule has 2 aliphatic heterocycles. The number of fused-ring (bicyclic) bond motifs is 1. The largest absolute Gasteiger partial charge is 0.345 e. The maximum absolute atomic E-state index is 14.5. The summed E-state index contributed by atoms with van der Waals surface area (Å²) < 4.78 is 40.7. The minimum Gasteiger partial charge on any atom is -0.345 e. The molecule has 4 rings (SSSR count). The minimum absolute atomic E-state index is 0.00983. The summed E-state index contributed by atoms with van der Waals surface area (Å²) in [6, 6.07) is 6.48. The average molecular weight is 450 g/mol. The number of rotatable bonds is 4. The Hall–Kier alpha value is -3.86. The molecule has 1 aromatic carbocycles. The van der Waals surface area contributed by atoms with E-state index < -0.39 is 29.8 Å². The highest BCUT2D eigenvalue weighted by atomic mass is 19.3. The van der Waals surface area contributed by atoms with Crippen molar-refractivity contribution < 1.29 is 18.0 Å². The van der Waals surface area contributed by atoms with Crippen LogP contribution in [0.4, 0.5) is 13.2 Å². The zero-order chi connectivity index (χ0) is 23.5. The molecule has 3 heterocycles. The second-order valence-electron chi connectivity index (χ2n) is 7.83. The Morgan fingerprint density at radius 1 is 1.18 bits per heavy atom. The van der Waals surface area contributed by atoms with Crippen molar-refractivity contribution in [1.82, 2.24) is 15.2 Å². The first-order valence-corrected chi connectivity index (χ1v) is 10.4. The van der Waals surface area contributed by atoms with E-state index in [-0.39, 0.29) is 17.2 Å². The Bertz CT molecular complexity index is 1230. The Kier molecular flexibility index (Phi) is 6.31. The molecule has 0 radical (unpaired) electrons. The van der Waals surface area contributed by atoms with Crippen LogP contribution in [0.25, 0.3) is 0 Å². The molecule has 0 bridgehead atoms. The zero-order valence-corrected chi connectivity index (χ0v) is 18.0. The third-order valence-corrected chi connectivity index (χ3v) is 5.30. The van der Waals surface area contributed by atoms with Gasteiger partial charge in [-0.3, -0.25) is 14.8 Å². The van der Waals surface area contributed by atoms with Crippen LogP contribution in [0.15, 0.2) is 71.1 Å². The van der Waals surface area contributed by atoms with E-state index in [1.54, 1.807) is 37.5 Å². The van der Waals surface area contributed by atoms with Gasteiger partial charge < -0.3 is 10.2 Å². The number of carbonyl (C=O) groups is 1. The Morgan fingerprint density at radius 3 is 2.64 bits per heavy atom. The number of allylic oxidation sites excluding steroid dienone is 2. The molecule has 1 N–H and O–H groups in total. The van der Waals surface area contributed by atoms with Gasteiger partial charge in [0.25, 0.3) is 12.3 Å². The summed E-state index contributed by atoms with van der Waals surface area (Å²) in [5.74, 6) is 5.08. The molecule has 0 fully saturated rings. The molecule has 1 aromatic heterocycles. The second-order valence-corrected chi connectivity index (χ2v) is 7.83. The highest BCUT2D eigenvalue weighted by Gasteiger charge is 2.31. The fourth-order valence-corrected chi connectivity index (χ4v) is 3.70. The van der Waals surface area contributed by atoms with E-state index in [0.29, 0.717) is 18.0 Å². The molecule has 0 saturated heterocycles. The van der Waals surface area contributed by atoms with Crippen molar-refractivity contribution in [3.05, 3.63) is 88.7 Å². The first-order chi connectivity index (χ1) is 15.8. The van der Waals surface area contributed by atoms with Gasteiger partial charge in [-0.2, -0.15) is 0 Å². The van der Waals surface area contributed by atoms with Gasteiger partial charge in [0.2, 0.25) is 0 Å². The molecule has 5 nitrogen and oxygen atoms in total. The summed E-state index contributed by atoms with van der Waals surface area (Å²) in [5, 5.41) is 2.71. The van der Waals surface area contributed by atoms with Crippen LogP contribution in [0, 0.1) is 17.7 Å². The van der Waals surface area contributed by atoms with Crippen molar-refractivity contribution in [3.8, 4) is 11.8 Å². The summed E-state index contributed by atoms with van der Waals surface area (Å²) in [4.78, 5) is 23.5. The number of hydrogen-bond acceptors (Lipinski definition) is 4. The molecule has 33 heavy (non-hydrogen) atoms. The van der Waals surface area contributed by atoms with E-state index in [4.69, 9.17) is 0 Å². The average Bonchev–Trinajstić information content (AvgIpc) is 3.17. The molecular weight excluding hydrogens is 429 g/mol. The van der Waals surface area contributed by atoms with Crippen molar-refractivity contribution >= 4 is 11.7 Å². The summed E-state index contributed by atoms with van der Waals surface area (Å²) in [6.45, 7) is 4.08. The lowest BCUT2D eigenvalue weighted by molar-refractivity contribution is -0.117. The van der Waals surface area contributed by atoms with Gasteiger partial charge in [-0.25, -0.2) is 13.2 Å². The fourth-order valence-electron chi connectivity index (χ4n) is 3.70. The van der Waals surface area contributed by atoms with Gasteiger partial charge in [0, 0.05) is 41.8 Å². The van der Waals surface area contributed by atoms with E-state index in [9.17, 15) is 18.0 Å². The van der Waals surface area contributed by atoms with E-state index in [0.717, 1.165) is 11.6 Å². The third kappa shape index (κ3) is 4.82. The van der Waals surface area contributed by atoms with Crippen molar-refractivity contribution in [2.75, 3.05) is 6.54 Å². The quantitative estimate of drug-likeness (QED) is 0.707. The predicted molar refractivity (Wildman–Crippen MR) is 119 cm³/mol. The Labute approximate surface area is 189 Å². The second kappa shape index (κ2) is 9.33. The summed E-state index contributed by atoms with van der Waals surface area (Å²) >= 11 is 0. The van der Waals surface area contributed by atoms with Crippen molar-refractivity contribution in [2.45, 2.75) is 32.4 Å². The molecule has 0 saturated carbocycles. The molecule has 0 aliphatic carbocycles.